The Morgan fingerprint density at radius 1 is 1.33 bits per heavy atom. The summed E-state index contributed by atoms with van der Waals surface area (Å²) >= 11 is 0. The van der Waals surface area contributed by atoms with E-state index in [1.165, 1.54) is 0 Å². The zero-order valence-corrected chi connectivity index (χ0v) is 10.6. The third-order valence-corrected chi connectivity index (χ3v) is 3.15. The summed E-state index contributed by atoms with van der Waals surface area (Å²) in [5.74, 6) is -0.0371. The molecule has 1 fully saturated rings. The molecule has 1 atom stereocenters. The zero-order valence-electron chi connectivity index (χ0n) is 10.6. The van der Waals surface area contributed by atoms with Gasteiger partial charge in [-0.2, -0.15) is 5.10 Å². The van der Waals surface area contributed by atoms with Crippen LogP contribution < -0.4 is 10.7 Å². The maximum atomic E-state index is 11.9. The number of carbonyl (C=O) groups is 1. The summed E-state index contributed by atoms with van der Waals surface area (Å²) < 4.78 is 0. The molecule has 18 heavy (non-hydrogen) atoms. The molecule has 1 aromatic carbocycles. The first-order valence-corrected chi connectivity index (χ1v) is 6.40. The molecular formula is C14H19N3O. The Labute approximate surface area is 107 Å². The van der Waals surface area contributed by atoms with Crippen LogP contribution in [0.25, 0.3) is 0 Å². The Bertz CT molecular complexity index is 422. The van der Waals surface area contributed by atoms with Gasteiger partial charge in [-0.25, -0.2) is 5.43 Å². The highest BCUT2D eigenvalue weighted by atomic mass is 16.2. The molecule has 2 N–H and O–H groups in total. The van der Waals surface area contributed by atoms with Crippen LogP contribution in [-0.2, 0) is 4.79 Å². The molecule has 0 aromatic heterocycles. The van der Waals surface area contributed by atoms with Crippen LogP contribution in [0.1, 0.15) is 31.7 Å². The Kier molecular flexibility index (Phi) is 4.47. The van der Waals surface area contributed by atoms with E-state index in [1.54, 1.807) is 0 Å². The van der Waals surface area contributed by atoms with Crippen LogP contribution in [0.5, 0.6) is 0 Å². The van der Waals surface area contributed by atoms with Gasteiger partial charge in [0, 0.05) is 0 Å². The van der Waals surface area contributed by atoms with Crippen molar-refractivity contribution in [1.82, 2.24) is 10.7 Å². The van der Waals surface area contributed by atoms with Crippen molar-refractivity contribution in [1.29, 1.82) is 0 Å². The minimum Gasteiger partial charge on any atom is -0.306 e. The molecule has 1 aromatic rings. The molecule has 4 nitrogen and oxygen atoms in total. The molecule has 0 spiro atoms. The van der Waals surface area contributed by atoms with E-state index in [0.717, 1.165) is 37.1 Å². The summed E-state index contributed by atoms with van der Waals surface area (Å²) in [4.78, 5) is 11.9. The predicted molar refractivity (Wildman–Crippen MR) is 72.4 cm³/mol. The highest BCUT2D eigenvalue weighted by molar-refractivity contribution is 5.99. The minimum absolute atomic E-state index is 0.0371. The number of amides is 1. The van der Waals surface area contributed by atoms with Crippen LogP contribution in [0.2, 0.25) is 0 Å². The molecule has 0 bridgehead atoms. The van der Waals surface area contributed by atoms with E-state index in [0.29, 0.717) is 0 Å². The topological polar surface area (TPSA) is 53.5 Å². The van der Waals surface area contributed by atoms with E-state index in [-0.39, 0.29) is 11.9 Å². The monoisotopic (exact) mass is 245 g/mol. The van der Waals surface area contributed by atoms with E-state index in [2.05, 4.69) is 15.8 Å². The predicted octanol–water partition coefficient (Wildman–Crippen LogP) is 1.67. The standard InChI is InChI=1S/C14H19N3O/c1-11(12-7-3-2-4-8-12)16-17-14(18)13-9-5-6-10-15-13/h2-4,7-8,13,15H,5-6,9-10H2,1H3,(H,17,18)/b16-11+. The first kappa shape index (κ1) is 12.8. The fourth-order valence-electron chi connectivity index (χ4n) is 2.04. The highest BCUT2D eigenvalue weighted by Gasteiger charge is 2.19. The second-order valence-electron chi connectivity index (χ2n) is 4.54. The summed E-state index contributed by atoms with van der Waals surface area (Å²) in [7, 11) is 0. The van der Waals surface area contributed by atoms with Crippen molar-refractivity contribution in [3.8, 4) is 0 Å². The Balaban J connectivity index is 1.91. The van der Waals surface area contributed by atoms with Gasteiger partial charge in [0.2, 0.25) is 0 Å². The zero-order chi connectivity index (χ0) is 12.8. The van der Waals surface area contributed by atoms with E-state index in [1.807, 2.05) is 37.3 Å². The molecule has 1 amide bonds. The van der Waals surface area contributed by atoms with Crippen LogP contribution >= 0.6 is 0 Å². The second kappa shape index (κ2) is 6.31. The van der Waals surface area contributed by atoms with E-state index < -0.39 is 0 Å². The van der Waals surface area contributed by atoms with Crippen molar-refractivity contribution in [2.75, 3.05) is 6.54 Å². The van der Waals surface area contributed by atoms with Crippen LogP contribution in [0.3, 0.4) is 0 Å². The molecule has 0 aliphatic carbocycles. The molecule has 1 saturated heterocycles. The van der Waals surface area contributed by atoms with Gasteiger partial charge >= 0.3 is 0 Å². The van der Waals surface area contributed by atoms with Crippen molar-refractivity contribution < 1.29 is 4.79 Å². The number of rotatable bonds is 3. The van der Waals surface area contributed by atoms with Crippen molar-refractivity contribution in [2.24, 2.45) is 5.10 Å². The minimum atomic E-state index is -0.0916. The maximum absolute atomic E-state index is 11.9. The molecule has 0 radical (unpaired) electrons. The molecule has 4 heteroatoms. The van der Waals surface area contributed by atoms with Gasteiger partial charge in [-0.3, -0.25) is 4.79 Å². The van der Waals surface area contributed by atoms with Gasteiger partial charge in [0.25, 0.3) is 5.91 Å². The number of hydrazone groups is 1. The van der Waals surface area contributed by atoms with Crippen LogP contribution in [0.15, 0.2) is 35.4 Å². The summed E-state index contributed by atoms with van der Waals surface area (Å²) in [5.41, 5.74) is 4.48. The fourth-order valence-corrected chi connectivity index (χ4v) is 2.04. The second-order valence-corrected chi connectivity index (χ2v) is 4.54. The average Bonchev–Trinajstić information content (AvgIpc) is 2.46. The number of hydrogen-bond acceptors (Lipinski definition) is 3. The summed E-state index contributed by atoms with van der Waals surface area (Å²) in [6.45, 7) is 2.81. The number of benzene rings is 1. The third-order valence-electron chi connectivity index (χ3n) is 3.15. The molecule has 1 aliphatic heterocycles. The molecule has 1 unspecified atom stereocenters. The number of nitrogens with one attached hydrogen (secondary N) is 2. The number of hydrogen-bond donors (Lipinski definition) is 2. The van der Waals surface area contributed by atoms with E-state index >= 15 is 0 Å². The summed E-state index contributed by atoms with van der Waals surface area (Å²) in [6.07, 6.45) is 3.15. The van der Waals surface area contributed by atoms with Crippen molar-refractivity contribution in [3.63, 3.8) is 0 Å². The normalized spacial score (nSPS) is 20.5. The first-order chi connectivity index (χ1) is 8.77. The summed E-state index contributed by atoms with van der Waals surface area (Å²) in [6, 6.07) is 9.73. The number of nitrogens with zero attached hydrogens (tertiary/aromatic N) is 1. The fraction of sp³-hybridized carbons (Fsp3) is 0.429. The lowest BCUT2D eigenvalue weighted by atomic mass is 10.0. The van der Waals surface area contributed by atoms with Gasteiger partial charge in [0.15, 0.2) is 0 Å². The molecule has 2 rings (SSSR count). The van der Waals surface area contributed by atoms with Crippen LogP contribution in [0, 0.1) is 0 Å². The van der Waals surface area contributed by atoms with Gasteiger partial charge in [-0.15, -0.1) is 0 Å². The van der Waals surface area contributed by atoms with Crippen molar-refractivity contribution >= 4 is 11.6 Å². The van der Waals surface area contributed by atoms with Crippen LogP contribution in [0.4, 0.5) is 0 Å². The Morgan fingerprint density at radius 2 is 2.11 bits per heavy atom. The molecule has 96 valence electrons. The average molecular weight is 245 g/mol. The quantitative estimate of drug-likeness (QED) is 0.628. The van der Waals surface area contributed by atoms with Gasteiger partial charge in [0.1, 0.15) is 0 Å². The third kappa shape index (κ3) is 3.40. The number of carbonyl (C=O) groups excluding carboxylic acids is 1. The lowest BCUT2D eigenvalue weighted by molar-refractivity contribution is -0.123. The smallest absolute Gasteiger partial charge is 0.257 e. The van der Waals surface area contributed by atoms with Gasteiger partial charge in [-0.1, -0.05) is 36.8 Å². The summed E-state index contributed by atoms with van der Waals surface area (Å²) in [5, 5.41) is 7.35. The number of piperidine rings is 1. The Hall–Kier alpha value is -1.68. The largest absolute Gasteiger partial charge is 0.306 e. The van der Waals surface area contributed by atoms with Crippen molar-refractivity contribution in [2.45, 2.75) is 32.2 Å². The molecule has 0 saturated carbocycles. The highest BCUT2D eigenvalue weighted by Crippen LogP contribution is 2.07. The van der Waals surface area contributed by atoms with E-state index in [9.17, 15) is 4.79 Å². The Morgan fingerprint density at radius 3 is 2.78 bits per heavy atom. The van der Waals surface area contributed by atoms with E-state index in [4.69, 9.17) is 0 Å². The molecule has 1 aliphatic rings. The molecular weight excluding hydrogens is 226 g/mol. The van der Waals surface area contributed by atoms with Gasteiger partial charge < -0.3 is 5.32 Å². The van der Waals surface area contributed by atoms with Gasteiger partial charge in [-0.05, 0) is 31.9 Å². The van der Waals surface area contributed by atoms with Crippen molar-refractivity contribution in [3.05, 3.63) is 35.9 Å². The first-order valence-electron chi connectivity index (χ1n) is 6.40. The molecule has 1 heterocycles. The lowest BCUT2D eigenvalue weighted by Crippen LogP contribution is -2.45. The van der Waals surface area contributed by atoms with Crippen LogP contribution in [-0.4, -0.2) is 24.2 Å². The lowest BCUT2D eigenvalue weighted by Gasteiger charge is -2.21. The maximum Gasteiger partial charge on any atom is 0.257 e. The van der Waals surface area contributed by atoms with Gasteiger partial charge in [0.05, 0.1) is 11.8 Å². The SMILES string of the molecule is C/C(=N\NC(=O)C1CCCCN1)c1ccccc1.